The summed E-state index contributed by atoms with van der Waals surface area (Å²) in [6, 6.07) is 1.84. The molecule has 0 radical (unpaired) electrons. The van der Waals surface area contributed by atoms with Gasteiger partial charge in [-0.1, -0.05) is 0 Å². The van der Waals surface area contributed by atoms with Gasteiger partial charge in [-0.3, -0.25) is 4.79 Å². The van der Waals surface area contributed by atoms with Crippen LogP contribution in [-0.2, 0) is 4.74 Å². The molecule has 1 rings (SSSR count). The first-order valence-corrected chi connectivity index (χ1v) is 6.67. The molecule has 90 valence electrons. The lowest BCUT2D eigenvalue weighted by Gasteiger charge is -2.19. The van der Waals surface area contributed by atoms with Gasteiger partial charge >= 0.3 is 0 Å². The number of aliphatic hydroxyl groups excluding tert-OH is 1. The molecule has 0 saturated heterocycles. The quantitative estimate of drug-likeness (QED) is 0.814. The summed E-state index contributed by atoms with van der Waals surface area (Å²) >= 11 is 3.71. The largest absolute Gasteiger partial charge is 0.389 e. The topological polar surface area (TPSA) is 49.8 Å². The second-order valence-electron chi connectivity index (χ2n) is 3.43. The van der Waals surface area contributed by atoms with Crippen LogP contribution in [0, 0.1) is 2.88 Å². The predicted molar refractivity (Wildman–Crippen MR) is 71.9 cm³/mol. The zero-order valence-corrected chi connectivity index (χ0v) is 12.1. The number of amides is 1. The van der Waals surface area contributed by atoms with E-state index in [-0.39, 0.29) is 19.1 Å². The minimum Gasteiger partial charge on any atom is -0.389 e. The first kappa shape index (κ1) is 13.9. The van der Waals surface area contributed by atoms with Gasteiger partial charge in [0.15, 0.2) is 0 Å². The van der Waals surface area contributed by atoms with E-state index in [4.69, 9.17) is 4.74 Å². The Morgan fingerprint density at radius 1 is 1.75 bits per heavy atom. The van der Waals surface area contributed by atoms with Crippen LogP contribution in [0.3, 0.4) is 0 Å². The van der Waals surface area contributed by atoms with Gasteiger partial charge in [-0.05, 0) is 28.7 Å². The van der Waals surface area contributed by atoms with Crippen molar-refractivity contribution in [2.75, 3.05) is 27.3 Å². The molecule has 0 aliphatic carbocycles. The Labute approximate surface area is 112 Å². The number of hydrogen-bond donors (Lipinski definition) is 1. The zero-order chi connectivity index (χ0) is 12.1. The summed E-state index contributed by atoms with van der Waals surface area (Å²) in [4.78, 5) is 13.4. The highest BCUT2D eigenvalue weighted by molar-refractivity contribution is 14.1. The van der Waals surface area contributed by atoms with Crippen molar-refractivity contribution in [2.24, 2.45) is 0 Å². The molecule has 0 saturated carbocycles. The summed E-state index contributed by atoms with van der Waals surface area (Å²) in [6.45, 7) is 0.512. The summed E-state index contributed by atoms with van der Waals surface area (Å²) in [5.74, 6) is -0.0747. The molecule has 1 unspecified atom stereocenters. The summed E-state index contributed by atoms with van der Waals surface area (Å²) < 4.78 is 5.88. The van der Waals surface area contributed by atoms with Crippen molar-refractivity contribution in [1.29, 1.82) is 0 Å². The molecule has 0 aliphatic rings. The summed E-state index contributed by atoms with van der Waals surface area (Å²) in [6.07, 6.45) is -0.642. The molecule has 16 heavy (non-hydrogen) atoms. The molecule has 1 N–H and O–H groups in total. The third-order valence-electron chi connectivity index (χ3n) is 2.00. The number of likely N-dealkylation sites (N-methyl/N-ethyl adjacent to an activating group) is 1. The first-order chi connectivity index (χ1) is 7.54. The van der Waals surface area contributed by atoms with E-state index >= 15 is 0 Å². The second kappa shape index (κ2) is 6.53. The number of thiophene rings is 1. The molecule has 4 nitrogen and oxygen atoms in total. The molecule has 0 bridgehead atoms. The van der Waals surface area contributed by atoms with Crippen molar-refractivity contribution in [2.45, 2.75) is 6.10 Å². The van der Waals surface area contributed by atoms with E-state index in [1.807, 2.05) is 11.4 Å². The van der Waals surface area contributed by atoms with Crippen molar-refractivity contribution >= 4 is 39.8 Å². The average molecular weight is 355 g/mol. The maximum Gasteiger partial charge on any atom is 0.254 e. The third kappa shape index (κ3) is 4.00. The minimum absolute atomic E-state index is 0.0747. The van der Waals surface area contributed by atoms with Gasteiger partial charge in [0.05, 0.1) is 21.2 Å². The van der Waals surface area contributed by atoms with Crippen molar-refractivity contribution in [1.82, 2.24) is 4.90 Å². The number of rotatable bonds is 5. The number of carbonyl (C=O) groups excluding carboxylic acids is 1. The molecule has 1 atom stereocenters. The molecule has 1 aromatic rings. The van der Waals surface area contributed by atoms with Gasteiger partial charge in [-0.2, -0.15) is 0 Å². The van der Waals surface area contributed by atoms with Crippen LogP contribution < -0.4 is 0 Å². The van der Waals surface area contributed by atoms with E-state index in [1.165, 1.54) is 23.3 Å². The predicted octanol–water partition coefficient (Wildman–Crippen LogP) is 1.43. The smallest absolute Gasteiger partial charge is 0.254 e. The number of nitrogens with zero attached hydrogens (tertiary/aromatic N) is 1. The second-order valence-corrected chi connectivity index (χ2v) is 6.24. The normalized spacial score (nSPS) is 12.5. The van der Waals surface area contributed by atoms with Gasteiger partial charge in [-0.25, -0.2) is 0 Å². The lowest BCUT2D eigenvalue weighted by molar-refractivity contribution is 0.0380. The van der Waals surface area contributed by atoms with Gasteiger partial charge in [-0.15, -0.1) is 11.3 Å². The average Bonchev–Trinajstić information content (AvgIpc) is 2.64. The molecule has 0 aliphatic heterocycles. The molecular formula is C10H14INO3S. The van der Waals surface area contributed by atoms with Gasteiger partial charge in [0.25, 0.3) is 5.91 Å². The third-order valence-corrected chi connectivity index (χ3v) is 3.79. The van der Waals surface area contributed by atoms with E-state index in [0.717, 1.165) is 2.88 Å². The van der Waals surface area contributed by atoms with Gasteiger partial charge in [0, 0.05) is 26.1 Å². The number of ether oxygens (including phenoxy) is 1. The zero-order valence-electron chi connectivity index (χ0n) is 9.14. The number of aliphatic hydroxyl groups is 1. The van der Waals surface area contributed by atoms with E-state index < -0.39 is 6.10 Å². The van der Waals surface area contributed by atoms with Crippen molar-refractivity contribution < 1.29 is 14.6 Å². The maximum absolute atomic E-state index is 11.9. The van der Waals surface area contributed by atoms with Crippen LogP contribution in [0.5, 0.6) is 0 Å². The molecule has 6 heteroatoms. The van der Waals surface area contributed by atoms with Gasteiger partial charge in [0.1, 0.15) is 0 Å². The van der Waals surface area contributed by atoms with E-state index in [0.29, 0.717) is 5.56 Å². The van der Waals surface area contributed by atoms with E-state index in [9.17, 15) is 9.90 Å². The fraction of sp³-hybridized carbons (Fsp3) is 0.500. The Morgan fingerprint density at radius 3 is 2.94 bits per heavy atom. The van der Waals surface area contributed by atoms with Crippen LogP contribution >= 0.6 is 33.9 Å². The molecular weight excluding hydrogens is 341 g/mol. The molecule has 1 heterocycles. The lowest BCUT2D eigenvalue weighted by atomic mass is 10.3. The summed E-state index contributed by atoms with van der Waals surface area (Å²) in [5.41, 5.74) is 0.668. The number of carbonyl (C=O) groups is 1. The van der Waals surface area contributed by atoms with Crippen LogP contribution in [0.25, 0.3) is 0 Å². The highest BCUT2D eigenvalue weighted by Crippen LogP contribution is 2.17. The highest BCUT2D eigenvalue weighted by Gasteiger charge is 2.16. The Balaban J connectivity index is 2.54. The molecule has 0 spiro atoms. The maximum atomic E-state index is 11.9. The van der Waals surface area contributed by atoms with Crippen LogP contribution in [0.15, 0.2) is 11.4 Å². The van der Waals surface area contributed by atoms with Crippen LogP contribution in [0.1, 0.15) is 10.4 Å². The Kier molecular flexibility index (Phi) is 5.67. The fourth-order valence-corrected chi connectivity index (χ4v) is 2.61. The highest BCUT2D eigenvalue weighted by atomic mass is 127. The van der Waals surface area contributed by atoms with Crippen molar-refractivity contribution in [3.63, 3.8) is 0 Å². The lowest BCUT2D eigenvalue weighted by Crippen LogP contribution is -2.36. The molecule has 0 aromatic carbocycles. The van der Waals surface area contributed by atoms with Crippen molar-refractivity contribution in [3.05, 3.63) is 19.9 Å². The summed E-state index contributed by atoms with van der Waals surface area (Å²) in [7, 11) is 3.19. The standard InChI is InChI=1S/C10H14INO3S/c1-12(4-8(13)5-15-2)10(14)7-3-9(11)16-6-7/h3,6,8,13H,4-5H2,1-2H3. The molecule has 1 amide bonds. The Morgan fingerprint density at radius 2 is 2.44 bits per heavy atom. The van der Waals surface area contributed by atoms with Crippen LogP contribution in [0.4, 0.5) is 0 Å². The molecule has 0 fully saturated rings. The van der Waals surface area contributed by atoms with Gasteiger partial charge in [0.2, 0.25) is 0 Å². The number of halogens is 1. The minimum atomic E-state index is -0.642. The Hall–Kier alpha value is -0.180. The fourth-order valence-electron chi connectivity index (χ4n) is 1.29. The Bertz CT molecular complexity index is 356. The monoisotopic (exact) mass is 355 g/mol. The SMILES string of the molecule is COCC(O)CN(C)C(=O)c1csc(I)c1. The molecule has 1 aromatic heterocycles. The van der Waals surface area contributed by atoms with E-state index in [2.05, 4.69) is 22.6 Å². The van der Waals surface area contributed by atoms with E-state index in [1.54, 1.807) is 7.05 Å². The number of methoxy groups -OCH3 is 1. The van der Waals surface area contributed by atoms with Gasteiger partial charge < -0.3 is 14.7 Å². The van der Waals surface area contributed by atoms with Crippen molar-refractivity contribution in [3.8, 4) is 0 Å². The first-order valence-electron chi connectivity index (χ1n) is 4.71. The summed E-state index contributed by atoms with van der Waals surface area (Å²) in [5, 5.41) is 11.3. The van der Waals surface area contributed by atoms with Crippen LogP contribution in [0.2, 0.25) is 0 Å². The van der Waals surface area contributed by atoms with Crippen LogP contribution in [-0.4, -0.2) is 49.3 Å². The number of hydrogen-bond acceptors (Lipinski definition) is 4.